The summed E-state index contributed by atoms with van der Waals surface area (Å²) >= 11 is 5.90. The first-order valence-electron chi connectivity index (χ1n) is 7.75. The van der Waals surface area contributed by atoms with E-state index in [0.29, 0.717) is 5.75 Å². The van der Waals surface area contributed by atoms with Gasteiger partial charge < -0.3 is 10.1 Å². The first-order valence-corrected chi connectivity index (χ1v) is 8.13. The highest BCUT2D eigenvalue weighted by Gasteiger charge is 2.11. The van der Waals surface area contributed by atoms with Gasteiger partial charge in [0.1, 0.15) is 5.75 Å². The first kappa shape index (κ1) is 19.3. The third-order valence-corrected chi connectivity index (χ3v) is 3.56. The molecule has 0 atom stereocenters. The van der Waals surface area contributed by atoms with Gasteiger partial charge in [-0.15, -0.1) is 0 Å². The SMILES string of the molecule is Cc1cccc(OCC(=O)NNC(=O)CNC(=O)c2ccccc2Cl)c1. The number of hydrogen-bond acceptors (Lipinski definition) is 4. The Morgan fingerprint density at radius 2 is 1.73 bits per heavy atom. The van der Waals surface area contributed by atoms with E-state index in [4.69, 9.17) is 16.3 Å². The number of carbonyl (C=O) groups excluding carboxylic acids is 3. The second kappa shape index (κ2) is 9.43. The van der Waals surface area contributed by atoms with Crippen LogP contribution < -0.4 is 20.9 Å². The van der Waals surface area contributed by atoms with E-state index in [9.17, 15) is 14.4 Å². The van der Waals surface area contributed by atoms with E-state index in [1.54, 1.807) is 36.4 Å². The van der Waals surface area contributed by atoms with E-state index in [1.165, 1.54) is 0 Å². The molecule has 0 radical (unpaired) electrons. The fourth-order valence-electron chi connectivity index (χ4n) is 1.97. The van der Waals surface area contributed by atoms with Crippen LogP contribution in [0.1, 0.15) is 15.9 Å². The number of aryl methyl sites for hydroxylation is 1. The van der Waals surface area contributed by atoms with Gasteiger partial charge in [0, 0.05) is 0 Å². The fourth-order valence-corrected chi connectivity index (χ4v) is 2.20. The minimum atomic E-state index is -0.589. The number of halogens is 1. The number of rotatable bonds is 6. The fraction of sp³-hybridized carbons (Fsp3) is 0.167. The Bertz CT molecular complexity index is 811. The second-order valence-corrected chi connectivity index (χ2v) is 5.77. The highest BCUT2D eigenvalue weighted by atomic mass is 35.5. The van der Waals surface area contributed by atoms with Gasteiger partial charge in [-0.3, -0.25) is 25.2 Å². The third kappa shape index (κ3) is 6.10. The van der Waals surface area contributed by atoms with Crippen molar-refractivity contribution in [1.82, 2.24) is 16.2 Å². The Morgan fingerprint density at radius 3 is 2.46 bits per heavy atom. The summed E-state index contributed by atoms with van der Waals surface area (Å²) < 4.78 is 5.30. The summed E-state index contributed by atoms with van der Waals surface area (Å²) in [6.45, 7) is 1.34. The normalized spacial score (nSPS) is 9.92. The van der Waals surface area contributed by atoms with Crippen LogP contribution in [0.4, 0.5) is 0 Å². The van der Waals surface area contributed by atoms with Crippen molar-refractivity contribution in [3.8, 4) is 5.75 Å². The van der Waals surface area contributed by atoms with Crippen LogP contribution in [-0.4, -0.2) is 30.9 Å². The Labute approximate surface area is 155 Å². The van der Waals surface area contributed by atoms with E-state index >= 15 is 0 Å². The maximum Gasteiger partial charge on any atom is 0.276 e. The smallest absolute Gasteiger partial charge is 0.276 e. The summed E-state index contributed by atoms with van der Waals surface area (Å²) in [6.07, 6.45) is 0. The van der Waals surface area contributed by atoms with Crippen molar-refractivity contribution in [3.05, 3.63) is 64.7 Å². The summed E-state index contributed by atoms with van der Waals surface area (Å²) in [7, 11) is 0. The minimum Gasteiger partial charge on any atom is -0.484 e. The highest BCUT2D eigenvalue weighted by Crippen LogP contribution is 2.14. The molecule has 3 amide bonds. The highest BCUT2D eigenvalue weighted by molar-refractivity contribution is 6.33. The summed E-state index contributed by atoms with van der Waals surface area (Å²) in [4.78, 5) is 35.2. The van der Waals surface area contributed by atoms with Crippen LogP contribution in [0, 0.1) is 6.92 Å². The first-order chi connectivity index (χ1) is 12.5. The molecule has 0 spiro atoms. The van der Waals surface area contributed by atoms with E-state index in [2.05, 4.69) is 16.2 Å². The lowest BCUT2D eigenvalue weighted by atomic mass is 10.2. The summed E-state index contributed by atoms with van der Waals surface area (Å²) in [5.74, 6) is -1.05. The molecule has 136 valence electrons. The zero-order valence-corrected chi connectivity index (χ0v) is 14.8. The average Bonchev–Trinajstić information content (AvgIpc) is 2.63. The van der Waals surface area contributed by atoms with Crippen LogP contribution in [0.3, 0.4) is 0 Å². The van der Waals surface area contributed by atoms with Gasteiger partial charge in [0.2, 0.25) is 0 Å². The molecule has 7 nitrogen and oxygen atoms in total. The van der Waals surface area contributed by atoms with Crippen LogP contribution >= 0.6 is 11.6 Å². The standard InChI is InChI=1S/C18H18ClN3O4/c1-12-5-4-6-13(9-12)26-11-17(24)22-21-16(23)10-20-18(25)14-7-2-3-8-15(14)19/h2-9H,10-11H2,1H3,(H,20,25)(H,21,23)(H,22,24). The largest absolute Gasteiger partial charge is 0.484 e. The van der Waals surface area contributed by atoms with Gasteiger partial charge in [-0.25, -0.2) is 0 Å². The molecule has 0 aliphatic carbocycles. The van der Waals surface area contributed by atoms with Crippen molar-refractivity contribution < 1.29 is 19.1 Å². The summed E-state index contributed by atoms with van der Waals surface area (Å²) in [5.41, 5.74) is 5.65. The van der Waals surface area contributed by atoms with Gasteiger partial charge in [0.25, 0.3) is 17.7 Å². The van der Waals surface area contributed by atoms with E-state index < -0.39 is 17.7 Å². The number of ether oxygens (including phenoxy) is 1. The van der Waals surface area contributed by atoms with E-state index in [0.717, 1.165) is 5.56 Å². The molecule has 0 saturated carbocycles. The predicted octanol–water partition coefficient (Wildman–Crippen LogP) is 1.60. The topological polar surface area (TPSA) is 96.5 Å². The van der Waals surface area contributed by atoms with Crippen molar-refractivity contribution in [2.45, 2.75) is 6.92 Å². The van der Waals surface area contributed by atoms with Crippen molar-refractivity contribution in [2.24, 2.45) is 0 Å². The molecular weight excluding hydrogens is 358 g/mol. The molecule has 0 fully saturated rings. The molecule has 0 saturated heterocycles. The monoisotopic (exact) mass is 375 g/mol. The maximum atomic E-state index is 11.9. The van der Waals surface area contributed by atoms with Crippen LogP contribution in [0.2, 0.25) is 5.02 Å². The van der Waals surface area contributed by atoms with E-state index in [1.807, 2.05) is 19.1 Å². The Kier molecular flexibility index (Phi) is 6.99. The average molecular weight is 376 g/mol. The zero-order valence-electron chi connectivity index (χ0n) is 14.0. The quantitative estimate of drug-likeness (QED) is 0.668. The Hall–Kier alpha value is -3.06. The van der Waals surface area contributed by atoms with Crippen LogP contribution in [0.15, 0.2) is 48.5 Å². The molecule has 0 heterocycles. The lowest BCUT2D eigenvalue weighted by Gasteiger charge is -2.10. The second-order valence-electron chi connectivity index (χ2n) is 5.36. The minimum absolute atomic E-state index is 0.254. The van der Waals surface area contributed by atoms with Gasteiger partial charge in [-0.2, -0.15) is 0 Å². The zero-order chi connectivity index (χ0) is 18.9. The number of hydrogen-bond donors (Lipinski definition) is 3. The molecule has 0 aliphatic rings. The Balaban J connectivity index is 1.69. The van der Waals surface area contributed by atoms with Gasteiger partial charge in [-0.1, -0.05) is 35.9 Å². The lowest BCUT2D eigenvalue weighted by Crippen LogP contribution is -2.47. The number of carbonyl (C=O) groups is 3. The molecule has 8 heteroatoms. The summed E-state index contributed by atoms with van der Waals surface area (Å²) in [5, 5.41) is 2.69. The Morgan fingerprint density at radius 1 is 1.00 bits per heavy atom. The van der Waals surface area contributed by atoms with E-state index in [-0.39, 0.29) is 23.7 Å². The molecule has 2 rings (SSSR count). The van der Waals surface area contributed by atoms with Crippen LogP contribution in [0.5, 0.6) is 5.75 Å². The predicted molar refractivity (Wildman–Crippen MR) is 96.7 cm³/mol. The molecule has 26 heavy (non-hydrogen) atoms. The maximum absolute atomic E-state index is 11.9. The van der Waals surface area contributed by atoms with Gasteiger partial charge in [0.05, 0.1) is 17.1 Å². The van der Waals surface area contributed by atoms with Gasteiger partial charge >= 0.3 is 0 Å². The molecule has 0 unspecified atom stereocenters. The number of nitrogens with one attached hydrogen (secondary N) is 3. The third-order valence-electron chi connectivity index (χ3n) is 3.23. The summed E-state index contributed by atoms with van der Waals surface area (Å²) in [6, 6.07) is 13.7. The van der Waals surface area contributed by atoms with Crippen molar-refractivity contribution in [2.75, 3.05) is 13.2 Å². The molecule has 0 aromatic heterocycles. The van der Waals surface area contributed by atoms with Crippen molar-refractivity contribution in [3.63, 3.8) is 0 Å². The van der Waals surface area contributed by atoms with Gasteiger partial charge in [-0.05, 0) is 36.8 Å². The lowest BCUT2D eigenvalue weighted by molar-refractivity contribution is -0.129. The van der Waals surface area contributed by atoms with Gasteiger partial charge in [0.15, 0.2) is 6.61 Å². The molecule has 3 N–H and O–H groups in total. The molecule has 2 aromatic carbocycles. The van der Waals surface area contributed by atoms with Crippen molar-refractivity contribution in [1.29, 1.82) is 0 Å². The molecule has 0 aliphatic heterocycles. The van der Waals surface area contributed by atoms with Crippen LogP contribution in [0.25, 0.3) is 0 Å². The number of amides is 3. The van der Waals surface area contributed by atoms with Crippen LogP contribution in [-0.2, 0) is 9.59 Å². The number of hydrazine groups is 1. The molecule has 0 bridgehead atoms. The number of benzene rings is 2. The molecular formula is C18H18ClN3O4. The molecule has 2 aromatic rings. The van der Waals surface area contributed by atoms with Crippen molar-refractivity contribution >= 4 is 29.3 Å².